The van der Waals surface area contributed by atoms with Crippen LogP contribution in [0.4, 0.5) is 5.69 Å². The van der Waals surface area contributed by atoms with Crippen molar-refractivity contribution < 1.29 is 18.0 Å². The topological polar surface area (TPSA) is 74.8 Å². The molecule has 1 heterocycles. The molecule has 1 aliphatic rings. The van der Waals surface area contributed by atoms with Gasteiger partial charge in [0, 0.05) is 49.3 Å². The van der Waals surface area contributed by atoms with Crippen molar-refractivity contribution >= 4 is 48.8 Å². The monoisotopic (exact) mass is 378 g/mol. The highest BCUT2D eigenvalue weighted by Crippen LogP contribution is 2.30. The molecule has 0 aromatic heterocycles. The predicted molar refractivity (Wildman–Crippen MR) is 89.6 cm³/mol. The van der Waals surface area contributed by atoms with E-state index in [1.54, 1.807) is 32.3 Å². The summed E-state index contributed by atoms with van der Waals surface area (Å²) in [5.41, 5.74) is 0.800. The molecule has 2 rings (SSSR count). The number of benzene rings is 1. The second kappa shape index (κ2) is 6.67. The van der Waals surface area contributed by atoms with Gasteiger partial charge in [0.15, 0.2) is 0 Å². The van der Waals surface area contributed by atoms with E-state index in [2.05, 4.69) is 0 Å². The molecule has 1 aliphatic heterocycles. The highest BCUT2D eigenvalue weighted by atomic mass is 35.7. The van der Waals surface area contributed by atoms with E-state index in [0.717, 1.165) is 0 Å². The molecule has 0 N–H and O–H groups in total. The van der Waals surface area contributed by atoms with Gasteiger partial charge in [-0.15, -0.1) is 0 Å². The fourth-order valence-electron chi connectivity index (χ4n) is 2.51. The van der Waals surface area contributed by atoms with Gasteiger partial charge >= 0.3 is 0 Å². The summed E-state index contributed by atoms with van der Waals surface area (Å²) in [6.07, 6.45) is 0.103. The maximum atomic E-state index is 12.1. The summed E-state index contributed by atoms with van der Waals surface area (Å²) >= 11 is 6.05. The summed E-state index contributed by atoms with van der Waals surface area (Å²) in [5.74, 6) is -1.11. The van der Waals surface area contributed by atoms with Crippen LogP contribution >= 0.6 is 22.3 Å². The van der Waals surface area contributed by atoms with E-state index in [9.17, 15) is 18.0 Å². The van der Waals surface area contributed by atoms with Gasteiger partial charge in [0.2, 0.25) is 15.0 Å². The van der Waals surface area contributed by atoms with Crippen LogP contribution in [-0.2, 0) is 13.8 Å². The largest absolute Gasteiger partial charge is 0.345 e. The van der Waals surface area contributed by atoms with Crippen molar-refractivity contribution in [1.29, 1.82) is 0 Å². The van der Waals surface area contributed by atoms with Crippen molar-refractivity contribution in [2.45, 2.75) is 6.42 Å². The van der Waals surface area contributed by atoms with Gasteiger partial charge in [0.05, 0.1) is 16.3 Å². The van der Waals surface area contributed by atoms with Gasteiger partial charge in [-0.25, -0.2) is 8.42 Å². The third-order valence-corrected chi connectivity index (χ3v) is 5.12. The van der Waals surface area contributed by atoms with Crippen molar-refractivity contribution in [2.24, 2.45) is 5.92 Å². The number of hydrogen-bond donors (Lipinski definition) is 0. The lowest BCUT2D eigenvalue weighted by molar-refractivity contribution is -0.117. The lowest BCUT2D eigenvalue weighted by Crippen LogP contribution is -2.26. The number of halogens is 2. The van der Waals surface area contributed by atoms with E-state index >= 15 is 0 Å². The van der Waals surface area contributed by atoms with Crippen LogP contribution in [0.1, 0.15) is 16.8 Å². The minimum atomic E-state index is -3.66. The normalized spacial score (nSPS) is 18.3. The highest BCUT2D eigenvalue weighted by Gasteiger charge is 2.33. The first-order valence-electron chi connectivity index (χ1n) is 6.82. The first-order chi connectivity index (χ1) is 10.6. The Labute approximate surface area is 144 Å². The van der Waals surface area contributed by atoms with Gasteiger partial charge in [0.25, 0.3) is 5.91 Å². The summed E-state index contributed by atoms with van der Waals surface area (Å²) in [6, 6.07) is 4.72. The third kappa shape index (κ3) is 4.37. The molecule has 0 saturated carbocycles. The Kier molecular flexibility index (Phi) is 5.23. The molecule has 1 atom stereocenters. The zero-order valence-corrected chi connectivity index (χ0v) is 15.0. The van der Waals surface area contributed by atoms with Gasteiger partial charge in [-0.3, -0.25) is 9.59 Å². The van der Waals surface area contributed by atoms with E-state index in [1.807, 2.05) is 0 Å². The predicted octanol–water partition coefficient (Wildman–Crippen LogP) is 1.96. The Morgan fingerprint density at radius 2 is 2.04 bits per heavy atom. The smallest absolute Gasteiger partial charge is 0.254 e. The number of nitrogens with zero attached hydrogens (tertiary/aromatic N) is 2. The minimum absolute atomic E-state index is 0.103. The maximum Gasteiger partial charge on any atom is 0.254 e. The second-order valence-electron chi connectivity index (χ2n) is 5.64. The standard InChI is InChI=1S/C14H16Cl2N2O4S/c1-17(2)14(20)11-6-10(3-4-12(11)15)18-7-9(5-13(18)19)8-23(16,21)22/h3-4,6,9H,5,7-8H2,1-2H3. The molecule has 0 spiro atoms. The van der Waals surface area contributed by atoms with Crippen LogP contribution in [0.15, 0.2) is 18.2 Å². The number of rotatable bonds is 4. The molecular weight excluding hydrogens is 363 g/mol. The fraction of sp³-hybridized carbons (Fsp3) is 0.429. The van der Waals surface area contributed by atoms with Crippen molar-refractivity contribution in [2.75, 3.05) is 31.3 Å². The zero-order valence-electron chi connectivity index (χ0n) is 12.6. The molecule has 1 unspecified atom stereocenters. The van der Waals surface area contributed by atoms with Crippen LogP contribution in [0.5, 0.6) is 0 Å². The fourth-order valence-corrected chi connectivity index (χ4v) is 4.03. The van der Waals surface area contributed by atoms with Gasteiger partial charge in [0.1, 0.15) is 0 Å². The summed E-state index contributed by atoms with van der Waals surface area (Å²) in [5, 5.41) is 0.291. The Hall–Kier alpha value is -1.31. The number of amides is 2. The molecule has 0 radical (unpaired) electrons. The molecule has 0 bridgehead atoms. The number of carbonyl (C=O) groups excluding carboxylic acids is 2. The Morgan fingerprint density at radius 1 is 1.39 bits per heavy atom. The Balaban J connectivity index is 2.27. The zero-order chi connectivity index (χ0) is 17.4. The lowest BCUT2D eigenvalue weighted by Gasteiger charge is -2.19. The molecule has 1 aromatic carbocycles. The molecular formula is C14H16Cl2N2O4S. The number of hydrogen-bond acceptors (Lipinski definition) is 4. The summed E-state index contributed by atoms with van der Waals surface area (Å²) in [4.78, 5) is 27.1. The van der Waals surface area contributed by atoms with Crippen LogP contribution in [0.2, 0.25) is 5.02 Å². The average Bonchev–Trinajstić information content (AvgIpc) is 2.77. The van der Waals surface area contributed by atoms with E-state index < -0.39 is 9.05 Å². The van der Waals surface area contributed by atoms with Crippen molar-refractivity contribution in [3.05, 3.63) is 28.8 Å². The first kappa shape index (κ1) is 18.0. The Morgan fingerprint density at radius 3 is 2.61 bits per heavy atom. The van der Waals surface area contributed by atoms with E-state index in [1.165, 1.54) is 9.80 Å². The van der Waals surface area contributed by atoms with Crippen LogP contribution in [0, 0.1) is 5.92 Å². The summed E-state index contributed by atoms with van der Waals surface area (Å²) in [7, 11) is 4.80. The third-order valence-electron chi connectivity index (χ3n) is 3.54. The molecule has 9 heteroatoms. The molecule has 1 aromatic rings. The van der Waals surface area contributed by atoms with Crippen LogP contribution in [0.3, 0.4) is 0 Å². The molecule has 1 saturated heterocycles. The van der Waals surface area contributed by atoms with Crippen LogP contribution < -0.4 is 4.90 Å². The number of carbonyl (C=O) groups is 2. The Bertz CT molecular complexity index is 749. The van der Waals surface area contributed by atoms with Crippen molar-refractivity contribution in [3.8, 4) is 0 Å². The average molecular weight is 379 g/mol. The molecule has 126 valence electrons. The highest BCUT2D eigenvalue weighted by molar-refractivity contribution is 8.13. The lowest BCUT2D eigenvalue weighted by atomic mass is 10.1. The molecule has 1 fully saturated rings. The van der Waals surface area contributed by atoms with Gasteiger partial charge < -0.3 is 9.80 Å². The van der Waals surface area contributed by atoms with Gasteiger partial charge in [-0.1, -0.05) is 11.6 Å². The quantitative estimate of drug-likeness (QED) is 0.750. The van der Waals surface area contributed by atoms with E-state index in [-0.39, 0.29) is 42.0 Å². The summed E-state index contributed by atoms with van der Waals surface area (Å²) < 4.78 is 22.3. The molecule has 0 aliphatic carbocycles. The SMILES string of the molecule is CN(C)C(=O)c1cc(N2CC(CS(=O)(=O)Cl)CC2=O)ccc1Cl. The van der Waals surface area contributed by atoms with Crippen LogP contribution in [-0.4, -0.2) is 51.5 Å². The van der Waals surface area contributed by atoms with Gasteiger partial charge in [-0.2, -0.15) is 0 Å². The molecule has 23 heavy (non-hydrogen) atoms. The second-order valence-corrected chi connectivity index (χ2v) is 8.87. The van der Waals surface area contributed by atoms with Crippen LogP contribution in [0.25, 0.3) is 0 Å². The van der Waals surface area contributed by atoms with Gasteiger partial charge in [-0.05, 0) is 18.2 Å². The summed E-state index contributed by atoms with van der Waals surface area (Å²) in [6.45, 7) is 0.238. The molecule has 2 amide bonds. The maximum absolute atomic E-state index is 12.1. The molecule has 6 nitrogen and oxygen atoms in total. The minimum Gasteiger partial charge on any atom is -0.345 e. The van der Waals surface area contributed by atoms with E-state index in [0.29, 0.717) is 10.7 Å². The number of anilines is 1. The first-order valence-corrected chi connectivity index (χ1v) is 9.68. The van der Waals surface area contributed by atoms with Crippen molar-refractivity contribution in [1.82, 2.24) is 4.90 Å². The van der Waals surface area contributed by atoms with E-state index in [4.69, 9.17) is 22.3 Å². The van der Waals surface area contributed by atoms with Crippen molar-refractivity contribution in [3.63, 3.8) is 0 Å².